The van der Waals surface area contributed by atoms with Crippen LogP contribution in [-0.4, -0.2) is 15.1 Å². The summed E-state index contributed by atoms with van der Waals surface area (Å²) in [6.07, 6.45) is 4.00. The van der Waals surface area contributed by atoms with E-state index in [4.69, 9.17) is 0 Å². The van der Waals surface area contributed by atoms with Gasteiger partial charge in [-0.2, -0.15) is 0 Å². The van der Waals surface area contributed by atoms with Gasteiger partial charge in [0, 0.05) is 0 Å². The Bertz CT molecular complexity index is 118. The van der Waals surface area contributed by atoms with Crippen molar-refractivity contribution in [2.45, 2.75) is 78.3 Å². The van der Waals surface area contributed by atoms with Gasteiger partial charge in [0.1, 0.15) is 6.71 Å². The van der Waals surface area contributed by atoms with E-state index in [-0.39, 0.29) is 58.3 Å². The molecule has 0 bridgehead atoms. The second-order valence-corrected chi connectivity index (χ2v) is 4.73. The molecule has 0 fully saturated rings. The molecular formula is C12H32B2LiNa. The average molecular weight is 228 g/mol. The largest absolute Gasteiger partial charge is 1.00 e. The summed E-state index contributed by atoms with van der Waals surface area (Å²) in [5.41, 5.74) is 0. The van der Waals surface area contributed by atoms with Crippen LogP contribution in [-0.2, 0) is 0 Å². The van der Waals surface area contributed by atoms with Crippen molar-refractivity contribution in [2.24, 2.45) is 0 Å². The molecule has 4 heteroatoms. The van der Waals surface area contributed by atoms with E-state index >= 15 is 0 Å². The van der Waals surface area contributed by atoms with E-state index in [1.54, 1.807) is 0 Å². The van der Waals surface area contributed by atoms with Crippen LogP contribution in [0.25, 0.3) is 0 Å². The minimum Gasteiger partial charge on any atom is -1.00 e. The molecule has 0 N–H and O–H groups in total. The molecule has 0 nitrogen and oxygen atoms in total. The molecule has 0 aliphatic rings. The first kappa shape index (κ1) is 26.3. The summed E-state index contributed by atoms with van der Waals surface area (Å²) in [5, 5.41) is 0. The van der Waals surface area contributed by atoms with Gasteiger partial charge < -0.3 is 1.43 Å². The van der Waals surface area contributed by atoms with Crippen LogP contribution in [0.3, 0.4) is 0 Å². The quantitative estimate of drug-likeness (QED) is 0.443. The average Bonchev–Trinajstić information content (AvgIpc) is 2.16. The Hall–Kier alpha value is 1.73. The molecule has 0 amide bonds. The molecule has 0 saturated carbocycles. The summed E-state index contributed by atoms with van der Waals surface area (Å²) in [4.78, 5) is 0. The fraction of sp³-hybridized carbons (Fsp3) is 1.00. The molecule has 88 valence electrons. The summed E-state index contributed by atoms with van der Waals surface area (Å²) in [6, 6.07) is 0. The summed E-state index contributed by atoms with van der Waals surface area (Å²) in [5.74, 6) is 2.68. The Kier molecular flexibility index (Phi) is 24.3. The van der Waals surface area contributed by atoms with Crippen molar-refractivity contribution >= 4 is 15.1 Å². The zero-order chi connectivity index (χ0) is 10.4. The van der Waals surface area contributed by atoms with Crippen LogP contribution >= 0.6 is 0 Å². The van der Waals surface area contributed by atoms with E-state index in [1.165, 1.54) is 19.3 Å². The van der Waals surface area contributed by atoms with Gasteiger partial charge in [0.25, 0.3) is 0 Å². The maximum absolute atomic E-state index is 2.42. The monoisotopic (exact) mass is 228 g/mol. The SMILES string of the molecule is CCC(C)B(C(C)CC)C(C)CC.[BH4-].[H-].[Li+].[Na+]. The molecular weight excluding hydrogens is 196 g/mol. The summed E-state index contributed by atoms with van der Waals surface area (Å²) in [7, 11) is 0. The van der Waals surface area contributed by atoms with Crippen LogP contribution in [0.1, 0.15) is 62.2 Å². The first-order valence-electron chi connectivity index (χ1n) is 6.08. The molecule has 0 heterocycles. The van der Waals surface area contributed by atoms with Crippen molar-refractivity contribution in [1.82, 2.24) is 0 Å². The Labute approximate surface area is 142 Å². The Morgan fingerprint density at radius 1 is 0.812 bits per heavy atom. The predicted octanol–water partition coefficient (Wildman–Crippen LogP) is -2.45. The van der Waals surface area contributed by atoms with Crippen molar-refractivity contribution < 1.29 is 49.8 Å². The molecule has 16 heavy (non-hydrogen) atoms. The van der Waals surface area contributed by atoms with Crippen molar-refractivity contribution in [3.05, 3.63) is 0 Å². The predicted molar refractivity (Wildman–Crippen MR) is 77.3 cm³/mol. The van der Waals surface area contributed by atoms with E-state index in [2.05, 4.69) is 41.5 Å². The van der Waals surface area contributed by atoms with Gasteiger partial charge in [-0.3, -0.25) is 0 Å². The van der Waals surface area contributed by atoms with Crippen LogP contribution in [0.5, 0.6) is 0 Å². The van der Waals surface area contributed by atoms with E-state index in [9.17, 15) is 0 Å². The van der Waals surface area contributed by atoms with Crippen molar-refractivity contribution in [2.75, 3.05) is 0 Å². The summed E-state index contributed by atoms with van der Waals surface area (Å²) < 4.78 is 0. The molecule has 0 spiro atoms. The molecule has 0 rings (SSSR count). The van der Waals surface area contributed by atoms with Gasteiger partial charge in [0.15, 0.2) is 0 Å². The van der Waals surface area contributed by atoms with Gasteiger partial charge in [0.05, 0.1) is 0 Å². The second kappa shape index (κ2) is 14.8. The zero-order valence-corrected chi connectivity index (χ0v) is 14.4. The normalized spacial score (nSPS) is 14.6. The minimum atomic E-state index is 0. The molecule has 3 atom stereocenters. The Morgan fingerprint density at radius 3 is 1.12 bits per heavy atom. The molecule has 0 aromatic heterocycles. The van der Waals surface area contributed by atoms with E-state index in [0.29, 0.717) is 0 Å². The second-order valence-electron chi connectivity index (χ2n) is 4.73. The van der Waals surface area contributed by atoms with Crippen molar-refractivity contribution in [1.29, 1.82) is 0 Å². The van der Waals surface area contributed by atoms with E-state index in [0.717, 1.165) is 24.2 Å². The number of hydrogen-bond acceptors (Lipinski definition) is 0. The molecule has 0 aliphatic carbocycles. The smallest absolute Gasteiger partial charge is 1.00 e. The summed E-state index contributed by atoms with van der Waals surface area (Å²) >= 11 is 0. The Balaban J connectivity index is -0.000000120. The van der Waals surface area contributed by atoms with Crippen LogP contribution in [0.2, 0.25) is 17.5 Å². The number of rotatable bonds is 6. The molecule has 0 radical (unpaired) electrons. The van der Waals surface area contributed by atoms with Crippen molar-refractivity contribution in [3.63, 3.8) is 0 Å². The number of hydrogen-bond donors (Lipinski definition) is 0. The topological polar surface area (TPSA) is 0 Å². The zero-order valence-electron chi connectivity index (χ0n) is 13.4. The van der Waals surface area contributed by atoms with Gasteiger partial charge >= 0.3 is 48.4 Å². The standard InChI is InChI=1S/C12H27B.BH4.Li.Na.H/c1-7-10(4)13(11(5)8-2)12(6)9-3;;;;/h10-12H,7-9H2,1-6H3;1H4;;;/q;-1;2*+1;-1. The molecule has 3 unspecified atom stereocenters. The van der Waals surface area contributed by atoms with Gasteiger partial charge in [0.2, 0.25) is 0 Å². The van der Waals surface area contributed by atoms with E-state index in [1.807, 2.05) is 0 Å². The fourth-order valence-electron chi connectivity index (χ4n) is 2.50. The van der Waals surface area contributed by atoms with Crippen LogP contribution in [0, 0.1) is 0 Å². The third-order valence-corrected chi connectivity index (χ3v) is 3.90. The van der Waals surface area contributed by atoms with Gasteiger partial charge in [-0.25, -0.2) is 0 Å². The molecule has 0 aromatic carbocycles. The van der Waals surface area contributed by atoms with Crippen LogP contribution < -0.4 is 48.4 Å². The fourth-order valence-corrected chi connectivity index (χ4v) is 2.50. The van der Waals surface area contributed by atoms with E-state index < -0.39 is 0 Å². The Morgan fingerprint density at radius 2 is 1.00 bits per heavy atom. The maximum atomic E-state index is 2.42. The minimum absolute atomic E-state index is 0. The first-order chi connectivity index (χ1) is 6.08. The van der Waals surface area contributed by atoms with Gasteiger partial charge in [-0.1, -0.05) is 86.7 Å². The van der Waals surface area contributed by atoms with Crippen molar-refractivity contribution in [3.8, 4) is 0 Å². The van der Waals surface area contributed by atoms with Gasteiger partial charge in [-0.15, -0.1) is 0 Å². The first-order valence-corrected chi connectivity index (χ1v) is 6.08. The molecule has 0 saturated heterocycles. The van der Waals surface area contributed by atoms with Crippen LogP contribution in [0.15, 0.2) is 0 Å². The third-order valence-electron chi connectivity index (χ3n) is 3.90. The summed E-state index contributed by atoms with van der Waals surface area (Å²) in [6.45, 7) is 15.2. The van der Waals surface area contributed by atoms with Crippen LogP contribution in [0.4, 0.5) is 0 Å². The maximum Gasteiger partial charge on any atom is 1.00 e. The van der Waals surface area contributed by atoms with Gasteiger partial charge in [-0.05, 0) is 0 Å². The third kappa shape index (κ3) is 8.77. The molecule has 0 aliphatic heterocycles. The molecule has 0 aromatic rings.